The van der Waals surface area contributed by atoms with Gasteiger partial charge in [-0.15, -0.1) is 4.99 Å². The zero-order valence-electron chi connectivity index (χ0n) is 18.0. The van der Waals surface area contributed by atoms with E-state index >= 15 is 0 Å². The van der Waals surface area contributed by atoms with Crippen LogP contribution in [0.25, 0.3) is 0 Å². The maximum Gasteiger partial charge on any atom is 0.422 e. The van der Waals surface area contributed by atoms with E-state index in [0.29, 0.717) is 5.84 Å². The van der Waals surface area contributed by atoms with Crippen LogP contribution in [-0.2, 0) is 4.74 Å². The third-order valence-electron chi connectivity index (χ3n) is 4.04. The summed E-state index contributed by atoms with van der Waals surface area (Å²) in [6, 6.07) is 7.92. The summed E-state index contributed by atoms with van der Waals surface area (Å²) >= 11 is 0. The molecule has 32 heavy (non-hydrogen) atoms. The van der Waals surface area contributed by atoms with Crippen LogP contribution in [0.2, 0.25) is 0 Å². The van der Waals surface area contributed by atoms with Gasteiger partial charge >= 0.3 is 17.7 Å². The fourth-order valence-electron chi connectivity index (χ4n) is 2.50. The SMILES string of the molecule is CN/C=C\C([NH3+])=[NH+]C(=O)c1cc(Oc2ccc(C(=O)OC)cc2F)cc(O[C@@H](C)CO)c1. The standard InChI is InChI=1S/C22H24FN3O6/c1-13(12-27)31-16-8-15(21(28)26-20(24)6-7-25-2)9-17(11-16)32-19-5-4-14(10-18(19)23)22(29)30-3/h4-11,13,25,27H,12H2,1-3H3,(H2,24,26,28)/p+2/b7-6-/t13-/m0/s1. The molecular weight excluding hydrogens is 421 g/mol. The molecule has 0 aliphatic carbocycles. The molecule has 9 nitrogen and oxygen atoms in total. The van der Waals surface area contributed by atoms with Crippen LogP contribution < -0.4 is 25.5 Å². The second-order valence-corrected chi connectivity index (χ2v) is 6.64. The molecule has 2 aromatic carbocycles. The first kappa shape index (κ1) is 24.5. The summed E-state index contributed by atoms with van der Waals surface area (Å²) in [7, 11) is 2.90. The van der Waals surface area contributed by atoms with E-state index in [4.69, 9.17) is 9.47 Å². The fraction of sp³-hybridized carbons (Fsp3) is 0.227. The minimum atomic E-state index is -0.792. The molecule has 0 spiro atoms. The lowest BCUT2D eigenvalue weighted by molar-refractivity contribution is -0.412. The lowest BCUT2D eigenvalue weighted by Gasteiger charge is -2.14. The first-order valence-electron chi connectivity index (χ1n) is 9.59. The van der Waals surface area contributed by atoms with Crippen LogP contribution in [-0.4, -0.2) is 49.7 Å². The number of amidine groups is 1. The number of carbonyl (C=O) groups excluding carboxylic acids is 2. The monoisotopic (exact) mass is 447 g/mol. The number of methoxy groups -OCH3 is 1. The zero-order chi connectivity index (χ0) is 23.7. The minimum Gasteiger partial charge on any atom is -0.488 e. The largest absolute Gasteiger partial charge is 0.488 e. The van der Waals surface area contributed by atoms with Crippen LogP contribution in [0.3, 0.4) is 0 Å². The predicted molar refractivity (Wildman–Crippen MR) is 113 cm³/mol. The van der Waals surface area contributed by atoms with Crippen molar-refractivity contribution in [2.24, 2.45) is 0 Å². The van der Waals surface area contributed by atoms with E-state index in [0.717, 1.165) is 6.07 Å². The van der Waals surface area contributed by atoms with Crippen molar-refractivity contribution in [1.82, 2.24) is 5.32 Å². The van der Waals surface area contributed by atoms with Gasteiger partial charge in [0.05, 0.1) is 30.9 Å². The molecule has 0 saturated heterocycles. The average molecular weight is 447 g/mol. The molecule has 10 heteroatoms. The third-order valence-corrected chi connectivity index (χ3v) is 4.04. The Labute approximate surface area is 184 Å². The molecule has 0 unspecified atom stereocenters. The Bertz CT molecular complexity index is 1040. The smallest absolute Gasteiger partial charge is 0.422 e. The van der Waals surface area contributed by atoms with Crippen molar-refractivity contribution in [3.8, 4) is 17.2 Å². The minimum absolute atomic E-state index is 0.0272. The van der Waals surface area contributed by atoms with Gasteiger partial charge in [0, 0.05) is 19.3 Å². The molecule has 6 N–H and O–H groups in total. The number of aliphatic hydroxyl groups is 1. The van der Waals surface area contributed by atoms with Crippen LogP contribution in [0, 0.1) is 5.82 Å². The van der Waals surface area contributed by atoms with Gasteiger partial charge in [-0.25, -0.2) is 14.0 Å². The van der Waals surface area contributed by atoms with Crippen LogP contribution in [0.4, 0.5) is 4.39 Å². The molecule has 0 aliphatic rings. The molecule has 1 atom stereocenters. The van der Waals surface area contributed by atoms with Crippen molar-refractivity contribution >= 4 is 17.7 Å². The molecule has 0 aliphatic heterocycles. The summed E-state index contributed by atoms with van der Waals surface area (Å²) < 4.78 is 30.2. The number of nitrogens with one attached hydrogen (secondary N) is 2. The fourth-order valence-corrected chi connectivity index (χ4v) is 2.50. The van der Waals surface area contributed by atoms with Crippen molar-refractivity contribution in [1.29, 1.82) is 0 Å². The number of rotatable bonds is 9. The van der Waals surface area contributed by atoms with Crippen molar-refractivity contribution in [3.05, 3.63) is 65.6 Å². The Balaban J connectivity index is 2.40. The third kappa shape index (κ3) is 6.89. The first-order valence-corrected chi connectivity index (χ1v) is 9.59. The highest BCUT2D eigenvalue weighted by Gasteiger charge is 2.19. The predicted octanol–water partition coefficient (Wildman–Crippen LogP) is -0.241. The van der Waals surface area contributed by atoms with E-state index in [1.165, 1.54) is 37.4 Å². The van der Waals surface area contributed by atoms with Gasteiger partial charge in [-0.2, -0.15) is 0 Å². The molecule has 2 rings (SSSR count). The maximum absolute atomic E-state index is 14.4. The van der Waals surface area contributed by atoms with Crippen molar-refractivity contribution in [3.63, 3.8) is 0 Å². The molecule has 170 valence electrons. The van der Waals surface area contributed by atoms with E-state index in [2.05, 4.69) is 20.8 Å². The Morgan fingerprint density at radius 2 is 1.94 bits per heavy atom. The van der Waals surface area contributed by atoms with Crippen molar-refractivity contribution in [2.75, 3.05) is 20.8 Å². The quantitative estimate of drug-likeness (QED) is 0.237. The Morgan fingerprint density at radius 3 is 2.56 bits per heavy atom. The van der Waals surface area contributed by atoms with Gasteiger partial charge in [-0.05, 0) is 37.3 Å². The molecule has 0 heterocycles. The lowest BCUT2D eigenvalue weighted by Crippen LogP contribution is -2.87. The van der Waals surface area contributed by atoms with Gasteiger partial charge in [0.2, 0.25) is 0 Å². The van der Waals surface area contributed by atoms with Crippen LogP contribution in [0.1, 0.15) is 27.6 Å². The number of ether oxygens (including phenoxy) is 3. The number of hydrogen-bond donors (Lipinski definition) is 4. The van der Waals surface area contributed by atoms with E-state index in [9.17, 15) is 19.1 Å². The summed E-state index contributed by atoms with van der Waals surface area (Å²) in [5.41, 5.74) is 3.92. The number of amides is 1. The maximum atomic E-state index is 14.4. The van der Waals surface area contributed by atoms with Gasteiger partial charge in [-0.1, -0.05) is 0 Å². The Hall–Kier alpha value is -3.76. The number of benzene rings is 2. The first-order chi connectivity index (χ1) is 15.3. The molecule has 1 amide bonds. The van der Waals surface area contributed by atoms with E-state index < -0.39 is 23.8 Å². The van der Waals surface area contributed by atoms with E-state index in [-0.39, 0.29) is 35.0 Å². The highest BCUT2D eigenvalue weighted by atomic mass is 19.1. The Morgan fingerprint density at radius 1 is 1.22 bits per heavy atom. The number of carbonyl (C=O) groups is 2. The lowest BCUT2D eigenvalue weighted by atomic mass is 10.1. The molecule has 0 aromatic heterocycles. The van der Waals surface area contributed by atoms with Crippen LogP contribution >= 0.6 is 0 Å². The van der Waals surface area contributed by atoms with Crippen molar-refractivity contribution < 1.29 is 44.0 Å². The van der Waals surface area contributed by atoms with E-state index in [1.54, 1.807) is 26.2 Å². The molecule has 0 saturated carbocycles. The van der Waals surface area contributed by atoms with E-state index in [1.807, 2.05) is 0 Å². The summed E-state index contributed by atoms with van der Waals surface area (Å²) in [6.45, 7) is 1.39. The summed E-state index contributed by atoms with van der Waals surface area (Å²) in [4.78, 5) is 26.8. The second kappa shape index (κ2) is 11.6. The van der Waals surface area contributed by atoms with Crippen molar-refractivity contribution in [2.45, 2.75) is 13.0 Å². The van der Waals surface area contributed by atoms with Crippen LogP contribution in [0.15, 0.2) is 48.7 Å². The van der Waals surface area contributed by atoms with Gasteiger partial charge < -0.3 is 24.6 Å². The number of esters is 1. The van der Waals surface area contributed by atoms with Gasteiger partial charge in [0.15, 0.2) is 11.6 Å². The average Bonchev–Trinajstić information content (AvgIpc) is 2.78. The zero-order valence-corrected chi connectivity index (χ0v) is 18.0. The summed E-state index contributed by atoms with van der Waals surface area (Å²) in [6.07, 6.45) is 2.62. The Kier molecular flexibility index (Phi) is 8.87. The molecule has 0 fully saturated rings. The molecule has 2 aromatic rings. The number of quaternary nitrogens is 1. The topological polar surface area (TPSA) is 136 Å². The summed E-state index contributed by atoms with van der Waals surface area (Å²) in [5, 5.41) is 12.0. The molecular formula is C22H26FN3O6+2. The number of aliphatic hydroxyl groups excluding tert-OH is 1. The molecule has 0 radical (unpaired) electrons. The van der Waals surface area contributed by atoms with Gasteiger partial charge in [0.25, 0.3) is 0 Å². The molecule has 0 bridgehead atoms. The number of halogens is 1. The highest BCUT2D eigenvalue weighted by molar-refractivity contribution is 5.92. The highest BCUT2D eigenvalue weighted by Crippen LogP contribution is 2.30. The van der Waals surface area contributed by atoms with Gasteiger partial charge in [-0.3, -0.25) is 5.73 Å². The summed E-state index contributed by atoms with van der Waals surface area (Å²) in [5.74, 6) is -1.46. The normalized spacial score (nSPS) is 12.4. The van der Waals surface area contributed by atoms with Crippen LogP contribution in [0.5, 0.6) is 17.2 Å². The van der Waals surface area contributed by atoms with Gasteiger partial charge in [0.1, 0.15) is 17.6 Å². The number of hydrogen-bond acceptors (Lipinski definition) is 7. The second-order valence-electron chi connectivity index (χ2n) is 6.64.